The number of carbonyl (C=O) groups is 1. The first kappa shape index (κ1) is 43.1. The fourth-order valence-corrected chi connectivity index (χ4v) is 6.69. The van der Waals surface area contributed by atoms with Gasteiger partial charge in [0.2, 0.25) is 11.9 Å². The number of primary amides is 1. The maximum atomic E-state index is 14.6. The van der Waals surface area contributed by atoms with E-state index in [1.807, 2.05) is 0 Å². The number of allylic oxidation sites excluding steroid dienone is 3. The lowest BCUT2D eigenvalue weighted by atomic mass is 10.3. The number of nitrogens with zero attached hydrogens (tertiary/aromatic N) is 6. The van der Waals surface area contributed by atoms with Crippen LogP contribution in [-0.2, 0) is 44.7 Å². The summed E-state index contributed by atoms with van der Waals surface area (Å²) in [5.74, 6) is -1.48. The van der Waals surface area contributed by atoms with Gasteiger partial charge in [-0.3, -0.25) is 13.7 Å². The number of rotatable bonds is 18. The van der Waals surface area contributed by atoms with Crippen molar-refractivity contribution in [2.45, 2.75) is 21.6 Å². The van der Waals surface area contributed by atoms with Gasteiger partial charge in [0, 0.05) is 24.1 Å². The third kappa shape index (κ3) is 13.6. The monoisotopic (exact) mass is 835 g/mol. The molecule has 1 aromatic heterocycles. The molecule has 22 nitrogen and oxygen atoms in total. The first-order chi connectivity index (χ1) is 25.1. The molecule has 7 N–H and O–H groups in total. The molecular formula is C27H30FN9O13S4. The van der Waals surface area contributed by atoms with E-state index in [9.17, 15) is 52.0 Å². The maximum absolute atomic E-state index is 14.6. The van der Waals surface area contributed by atoms with Crippen molar-refractivity contribution in [2.75, 3.05) is 35.7 Å². The zero-order valence-corrected chi connectivity index (χ0v) is 30.7. The van der Waals surface area contributed by atoms with Gasteiger partial charge in [-0.05, 0) is 61.5 Å². The summed E-state index contributed by atoms with van der Waals surface area (Å²) in [7, 11) is -18.8. The number of sulfone groups is 1. The van der Waals surface area contributed by atoms with E-state index in [4.69, 9.17) is 10.3 Å². The minimum atomic E-state index is -5.04. The molecule has 0 atom stereocenters. The van der Waals surface area contributed by atoms with Crippen LogP contribution in [0.5, 0.6) is 0 Å². The lowest BCUT2D eigenvalue weighted by molar-refractivity contribution is 0.252. The number of hydrogen-bond donors (Lipinski definition) is 6. The second-order valence-electron chi connectivity index (χ2n) is 10.1. The Morgan fingerprint density at radius 1 is 0.963 bits per heavy atom. The Morgan fingerprint density at radius 3 is 2.22 bits per heavy atom. The van der Waals surface area contributed by atoms with Crippen molar-refractivity contribution in [3.8, 4) is 0 Å². The van der Waals surface area contributed by atoms with Gasteiger partial charge < -0.3 is 21.3 Å². The van der Waals surface area contributed by atoms with E-state index < -0.39 is 80.4 Å². The Balaban J connectivity index is 1.83. The fraction of sp³-hybridized carbons (Fsp3) is 0.185. The van der Waals surface area contributed by atoms with Gasteiger partial charge >= 0.3 is 22.5 Å². The van der Waals surface area contributed by atoms with Crippen molar-refractivity contribution in [3.05, 3.63) is 84.7 Å². The molecule has 0 aliphatic carbocycles. The van der Waals surface area contributed by atoms with Crippen LogP contribution in [0.3, 0.4) is 0 Å². The van der Waals surface area contributed by atoms with Crippen LogP contribution in [-0.4, -0.2) is 93.8 Å². The van der Waals surface area contributed by atoms with Gasteiger partial charge in [0.05, 0.1) is 28.7 Å². The molecule has 3 rings (SSSR count). The number of hydrogen-bond acceptors (Lipinski definition) is 17. The van der Waals surface area contributed by atoms with Gasteiger partial charge in [-0.1, -0.05) is 12.2 Å². The Hall–Kier alpha value is -5.29. The Bertz CT molecular complexity index is 2430. The number of aromatic nitrogens is 3. The molecule has 2 aromatic carbocycles. The summed E-state index contributed by atoms with van der Waals surface area (Å²) in [6.07, 6.45) is 5.35. The summed E-state index contributed by atoms with van der Waals surface area (Å²) < 4.78 is 139. The molecule has 0 spiro atoms. The summed E-state index contributed by atoms with van der Waals surface area (Å²) in [5.41, 5.74) is 5.09. The molecule has 1 heterocycles. The zero-order chi connectivity index (χ0) is 40.3. The first-order valence-electron chi connectivity index (χ1n) is 14.6. The molecule has 0 aliphatic heterocycles. The molecular weight excluding hydrogens is 806 g/mol. The van der Waals surface area contributed by atoms with Crippen molar-refractivity contribution in [1.29, 1.82) is 0 Å². The largest absolute Gasteiger partial charge is 0.397 e. The number of nitrogens with one attached hydrogen (secondary N) is 2. The molecule has 0 bridgehead atoms. The van der Waals surface area contributed by atoms with Gasteiger partial charge in [-0.15, -0.1) is 0 Å². The average molecular weight is 836 g/mol. The summed E-state index contributed by atoms with van der Waals surface area (Å²) in [5, 5.41) is 12.4. The van der Waals surface area contributed by atoms with Gasteiger partial charge in [0.15, 0.2) is 9.84 Å². The van der Waals surface area contributed by atoms with Crippen LogP contribution in [0, 0.1) is 6.08 Å². The molecule has 292 valence electrons. The van der Waals surface area contributed by atoms with E-state index in [-0.39, 0.29) is 35.6 Å². The highest BCUT2D eigenvalue weighted by Gasteiger charge is 2.23. The maximum Gasteiger partial charge on any atom is 0.397 e. The smallest absolute Gasteiger partial charge is 0.351 e. The molecule has 3 aromatic rings. The minimum Gasteiger partial charge on any atom is -0.351 e. The molecule has 0 radical (unpaired) electrons. The van der Waals surface area contributed by atoms with Crippen molar-refractivity contribution in [3.63, 3.8) is 0 Å². The summed E-state index contributed by atoms with van der Waals surface area (Å²) in [6, 6.07) is 6.44. The van der Waals surface area contributed by atoms with Gasteiger partial charge in [0.1, 0.15) is 10.6 Å². The lowest BCUT2D eigenvalue weighted by Gasteiger charge is -2.21. The molecule has 0 saturated carbocycles. The summed E-state index contributed by atoms with van der Waals surface area (Å²) in [6.45, 7) is 0.650. The Kier molecular flexibility index (Phi) is 14.5. The minimum absolute atomic E-state index is 0.126. The summed E-state index contributed by atoms with van der Waals surface area (Å²) >= 11 is 0. The number of urea groups is 1. The van der Waals surface area contributed by atoms with E-state index >= 15 is 0 Å². The van der Waals surface area contributed by atoms with Crippen LogP contribution in [0.2, 0.25) is 0 Å². The predicted octanol–water partition coefficient (Wildman–Crippen LogP) is 2.07. The third-order valence-electron chi connectivity index (χ3n) is 6.27. The van der Waals surface area contributed by atoms with Crippen LogP contribution in [0.25, 0.3) is 0 Å². The number of carbonyl (C=O) groups excluding carboxylic acids is 1. The Labute approximate surface area is 307 Å². The molecule has 54 heavy (non-hydrogen) atoms. The van der Waals surface area contributed by atoms with Crippen LogP contribution in [0.4, 0.5) is 32.5 Å². The van der Waals surface area contributed by atoms with Crippen molar-refractivity contribution in [1.82, 2.24) is 20.3 Å². The van der Waals surface area contributed by atoms with E-state index in [1.54, 1.807) is 6.92 Å². The second kappa shape index (κ2) is 18.2. The second-order valence-corrected chi connectivity index (χ2v) is 16.1. The zero-order valence-electron chi connectivity index (χ0n) is 27.5. The molecule has 0 aliphatic rings. The summed E-state index contributed by atoms with van der Waals surface area (Å²) in [4.78, 5) is 22.1. The highest BCUT2D eigenvalue weighted by atomic mass is 32.3. The number of nitrogens with two attached hydrogens (primary N) is 1. The van der Waals surface area contributed by atoms with E-state index in [0.717, 1.165) is 30.5 Å². The Morgan fingerprint density at radius 2 is 1.63 bits per heavy atom. The van der Waals surface area contributed by atoms with Crippen molar-refractivity contribution in [2.24, 2.45) is 16.0 Å². The van der Waals surface area contributed by atoms with Crippen molar-refractivity contribution < 1.29 is 60.7 Å². The average Bonchev–Trinajstić information content (AvgIpc) is 3.05. The number of halogens is 1. The molecule has 0 unspecified atom stereocenters. The normalized spacial score (nSPS) is 13.2. The lowest BCUT2D eigenvalue weighted by Crippen LogP contribution is -2.24. The van der Waals surface area contributed by atoms with Gasteiger partial charge in [0.25, 0.3) is 20.2 Å². The third-order valence-corrected chi connectivity index (χ3v) is 10.2. The number of amides is 2. The van der Waals surface area contributed by atoms with E-state index in [2.05, 4.69) is 40.0 Å². The predicted molar refractivity (Wildman–Crippen MR) is 187 cm³/mol. The van der Waals surface area contributed by atoms with Crippen LogP contribution in [0.15, 0.2) is 104 Å². The fourth-order valence-electron chi connectivity index (χ4n) is 3.98. The van der Waals surface area contributed by atoms with E-state index in [0.29, 0.717) is 11.8 Å². The molecule has 0 fully saturated rings. The first-order valence-corrected chi connectivity index (χ1v) is 20.5. The van der Waals surface area contributed by atoms with Crippen LogP contribution >= 0.6 is 0 Å². The molecule has 0 saturated heterocycles. The van der Waals surface area contributed by atoms with Crippen molar-refractivity contribution >= 4 is 69.8 Å². The number of azo groups is 1. The molecule has 27 heteroatoms. The van der Waals surface area contributed by atoms with E-state index in [1.165, 1.54) is 41.3 Å². The van der Waals surface area contributed by atoms with Gasteiger partial charge in [-0.2, -0.15) is 54.8 Å². The molecule has 2 amide bonds. The van der Waals surface area contributed by atoms with Crippen LogP contribution in [0.1, 0.15) is 6.92 Å². The van der Waals surface area contributed by atoms with Gasteiger partial charge in [-0.25, -0.2) is 17.4 Å². The standard InChI is InChI=1S/C27H30FN9O13S4/c1-2-37(19-6-8-20(9-7-19)52(41,42)43)27-34-24(28)33-26(35-27)32-18(12-14-30-25(29)38)5-3-4-13-31-36-22-11-10-21(17-23(22)53(44,45)46)51(39,40)16-15-50-54(47,48)49/h3-12,14,17H,2,13,15-16H2,1H3,(H3,29,30,38)(H,41,42,43)(H,44,45,46)(H,47,48,49)(H,32,33,34,35)/b4-3-,14-12?,18-5+,36-31?. The number of anilines is 3. The topological polar surface area (TPSA) is 340 Å². The highest BCUT2D eigenvalue weighted by Crippen LogP contribution is 2.28. The number of benzene rings is 2. The quantitative estimate of drug-likeness (QED) is 0.0606. The SMILES string of the molecule is CCN(c1ccc(S(=O)(=O)O)cc1)c1nc(F)nc(N/C(C=CNC(N)=O)=C/C=C\CN=Nc2ccc(S(=O)(=O)CCOS(=O)(=O)O)cc2S(=O)(=O)O)n1. The highest BCUT2D eigenvalue weighted by molar-refractivity contribution is 7.91. The van der Waals surface area contributed by atoms with Crippen LogP contribution < -0.4 is 21.3 Å².